The third-order valence-corrected chi connectivity index (χ3v) is 2.28. The Bertz CT molecular complexity index is 477. The molecule has 0 saturated heterocycles. The van der Waals surface area contributed by atoms with E-state index in [0.29, 0.717) is 6.29 Å². The van der Waals surface area contributed by atoms with Gasteiger partial charge in [0.15, 0.2) is 12.1 Å². The number of ketones is 1. The first-order valence-electron chi connectivity index (χ1n) is 4.34. The number of ether oxygens (including phenoxy) is 1. The summed E-state index contributed by atoms with van der Waals surface area (Å²) in [7, 11) is 1.38. The molecule has 4 nitrogen and oxygen atoms in total. The summed E-state index contributed by atoms with van der Waals surface area (Å²) in [6.45, 7) is 0. The maximum absolute atomic E-state index is 11.4. The SMILES string of the molecule is COc1cc(C(=O)CCl)c(C#N)cc1C=O. The van der Waals surface area contributed by atoms with E-state index in [1.807, 2.05) is 6.07 Å². The first-order valence-corrected chi connectivity index (χ1v) is 4.87. The Morgan fingerprint density at radius 3 is 2.75 bits per heavy atom. The second-order valence-electron chi connectivity index (χ2n) is 2.93. The van der Waals surface area contributed by atoms with Gasteiger partial charge in [0.1, 0.15) is 5.75 Å². The third kappa shape index (κ3) is 2.20. The van der Waals surface area contributed by atoms with E-state index in [-0.39, 0.29) is 34.1 Å². The van der Waals surface area contributed by atoms with Gasteiger partial charge in [0.25, 0.3) is 0 Å². The number of methoxy groups -OCH3 is 1. The molecular formula is C11H8ClNO3. The lowest BCUT2D eigenvalue weighted by Crippen LogP contribution is -2.05. The van der Waals surface area contributed by atoms with E-state index in [0.717, 1.165) is 0 Å². The van der Waals surface area contributed by atoms with Gasteiger partial charge in [-0.1, -0.05) is 0 Å². The van der Waals surface area contributed by atoms with Crippen LogP contribution >= 0.6 is 11.6 Å². The van der Waals surface area contributed by atoms with Crippen LogP contribution in [0.25, 0.3) is 0 Å². The van der Waals surface area contributed by atoms with Crippen LogP contribution in [-0.2, 0) is 0 Å². The Morgan fingerprint density at radius 2 is 2.31 bits per heavy atom. The Labute approximate surface area is 97.4 Å². The Balaban J connectivity index is 3.44. The number of nitrogens with zero attached hydrogens (tertiary/aromatic N) is 1. The van der Waals surface area contributed by atoms with Crippen molar-refractivity contribution in [1.82, 2.24) is 0 Å². The van der Waals surface area contributed by atoms with E-state index in [1.54, 1.807) is 0 Å². The number of carbonyl (C=O) groups is 2. The Morgan fingerprint density at radius 1 is 1.62 bits per heavy atom. The van der Waals surface area contributed by atoms with E-state index < -0.39 is 0 Å². The van der Waals surface area contributed by atoms with E-state index in [2.05, 4.69) is 0 Å². The molecule has 1 aromatic rings. The van der Waals surface area contributed by atoms with Gasteiger partial charge in [-0.15, -0.1) is 11.6 Å². The van der Waals surface area contributed by atoms with Crippen LogP contribution in [0.2, 0.25) is 0 Å². The van der Waals surface area contributed by atoms with E-state index in [1.165, 1.54) is 19.2 Å². The minimum Gasteiger partial charge on any atom is -0.496 e. The molecule has 0 amide bonds. The zero-order valence-electron chi connectivity index (χ0n) is 8.49. The molecule has 1 aromatic carbocycles. The van der Waals surface area contributed by atoms with Gasteiger partial charge < -0.3 is 4.74 Å². The van der Waals surface area contributed by atoms with Gasteiger partial charge in [0.05, 0.1) is 30.2 Å². The van der Waals surface area contributed by atoms with Crippen molar-refractivity contribution in [1.29, 1.82) is 5.26 Å². The summed E-state index contributed by atoms with van der Waals surface area (Å²) in [6, 6.07) is 4.51. The third-order valence-electron chi connectivity index (χ3n) is 2.04. The number of aldehydes is 1. The minimum absolute atomic E-state index is 0.119. The molecule has 16 heavy (non-hydrogen) atoms. The molecule has 0 saturated carbocycles. The van der Waals surface area contributed by atoms with Crippen molar-refractivity contribution in [3.05, 3.63) is 28.8 Å². The molecule has 0 bridgehead atoms. The summed E-state index contributed by atoms with van der Waals surface area (Å²) in [5, 5.41) is 8.84. The molecule has 0 spiro atoms. The second kappa shape index (κ2) is 5.29. The van der Waals surface area contributed by atoms with Crippen LogP contribution in [0.15, 0.2) is 12.1 Å². The van der Waals surface area contributed by atoms with Crippen LogP contribution in [0.4, 0.5) is 0 Å². The number of Topliss-reactive ketones (excluding diaryl/α,β-unsaturated/α-hetero) is 1. The molecule has 0 heterocycles. The van der Waals surface area contributed by atoms with E-state index in [9.17, 15) is 9.59 Å². The van der Waals surface area contributed by atoms with Crippen molar-refractivity contribution in [2.24, 2.45) is 0 Å². The van der Waals surface area contributed by atoms with E-state index in [4.69, 9.17) is 21.6 Å². The second-order valence-corrected chi connectivity index (χ2v) is 3.19. The molecule has 0 radical (unpaired) electrons. The summed E-state index contributed by atoms with van der Waals surface area (Å²) in [5.74, 6) is -0.352. The monoisotopic (exact) mass is 237 g/mol. The zero-order valence-corrected chi connectivity index (χ0v) is 9.25. The van der Waals surface area contributed by atoms with Crippen LogP contribution in [0, 0.1) is 11.3 Å². The lowest BCUT2D eigenvalue weighted by molar-refractivity contribution is 0.101. The average Bonchev–Trinajstić information content (AvgIpc) is 2.35. The van der Waals surface area contributed by atoms with Crippen LogP contribution in [0.3, 0.4) is 0 Å². The van der Waals surface area contributed by atoms with Gasteiger partial charge in [0.2, 0.25) is 0 Å². The maximum atomic E-state index is 11.4. The normalized spacial score (nSPS) is 9.31. The van der Waals surface area contributed by atoms with Crippen molar-refractivity contribution in [3.8, 4) is 11.8 Å². The fourth-order valence-electron chi connectivity index (χ4n) is 1.26. The number of rotatable bonds is 4. The van der Waals surface area contributed by atoms with E-state index >= 15 is 0 Å². The molecule has 0 fully saturated rings. The predicted octanol–water partition coefficient (Wildman–Crippen LogP) is 1.80. The zero-order chi connectivity index (χ0) is 12.1. The summed E-state index contributed by atoms with van der Waals surface area (Å²) < 4.78 is 4.94. The molecule has 0 aromatic heterocycles. The standard InChI is InChI=1S/C11H8ClNO3/c1-16-11-3-9(10(15)4-12)7(5-13)2-8(11)6-14/h2-3,6H,4H2,1H3. The van der Waals surface area contributed by atoms with Gasteiger partial charge in [-0.3, -0.25) is 9.59 Å². The fraction of sp³-hybridized carbons (Fsp3) is 0.182. The van der Waals surface area contributed by atoms with Gasteiger partial charge in [-0.2, -0.15) is 5.26 Å². The van der Waals surface area contributed by atoms with Crippen molar-refractivity contribution in [2.75, 3.05) is 13.0 Å². The van der Waals surface area contributed by atoms with Crippen molar-refractivity contribution < 1.29 is 14.3 Å². The number of carbonyl (C=O) groups excluding carboxylic acids is 2. The predicted molar refractivity (Wildman–Crippen MR) is 58.1 cm³/mol. The Kier molecular flexibility index (Phi) is 4.03. The summed E-state index contributed by atoms with van der Waals surface area (Å²) >= 11 is 5.42. The highest BCUT2D eigenvalue weighted by Gasteiger charge is 2.15. The van der Waals surface area contributed by atoms with Gasteiger partial charge in [-0.05, 0) is 12.1 Å². The molecule has 0 unspecified atom stereocenters. The molecule has 0 atom stereocenters. The van der Waals surface area contributed by atoms with Crippen molar-refractivity contribution in [2.45, 2.75) is 0 Å². The topological polar surface area (TPSA) is 67.2 Å². The van der Waals surface area contributed by atoms with Crippen molar-refractivity contribution in [3.63, 3.8) is 0 Å². The summed E-state index contributed by atoms with van der Waals surface area (Å²) in [5.41, 5.74) is 0.513. The first-order chi connectivity index (χ1) is 7.67. The lowest BCUT2D eigenvalue weighted by atomic mass is 10.0. The largest absolute Gasteiger partial charge is 0.496 e. The number of alkyl halides is 1. The summed E-state index contributed by atoms with van der Waals surface area (Å²) in [4.78, 5) is 22.1. The minimum atomic E-state index is -0.381. The van der Waals surface area contributed by atoms with Gasteiger partial charge >= 0.3 is 0 Å². The highest BCUT2D eigenvalue weighted by molar-refractivity contribution is 6.30. The molecule has 82 valence electrons. The molecular weight excluding hydrogens is 230 g/mol. The smallest absolute Gasteiger partial charge is 0.179 e. The Hall–Kier alpha value is -1.86. The summed E-state index contributed by atoms with van der Waals surface area (Å²) in [6.07, 6.45) is 0.564. The molecule has 0 aliphatic carbocycles. The number of hydrogen-bond acceptors (Lipinski definition) is 4. The van der Waals surface area contributed by atoms with Crippen LogP contribution < -0.4 is 4.74 Å². The first kappa shape index (κ1) is 12.2. The highest BCUT2D eigenvalue weighted by atomic mass is 35.5. The van der Waals surface area contributed by atoms with Gasteiger partial charge in [0, 0.05) is 5.56 Å². The van der Waals surface area contributed by atoms with Crippen LogP contribution in [-0.4, -0.2) is 25.1 Å². The molecule has 1 rings (SSSR count). The van der Waals surface area contributed by atoms with Crippen LogP contribution in [0.5, 0.6) is 5.75 Å². The molecule has 5 heteroatoms. The highest BCUT2D eigenvalue weighted by Crippen LogP contribution is 2.22. The lowest BCUT2D eigenvalue weighted by Gasteiger charge is -2.07. The van der Waals surface area contributed by atoms with Crippen molar-refractivity contribution >= 4 is 23.7 Å². The van der Waals surface area contributed by atoms with Gasteiger partial charge in [-0.25, -0.2) is 0 Å². The quantitative estimate of drug-likeness (QED) is 0.455. The number of hydrogen-bond donors (Lipinski definition) is 0. The maximum Gasteiger partial charge on any atom is 0.179 e. The molecule has 0 aliphatic heterocycles. The molecule has 0 aliphatic rings. The molecule has 0 N–H and O–H groups in total. The fourth-order valence-corrected chi connectivity index (χ4v) is 1.40. The number of nitriles is 1. The van der Waals surface area contributed by atoms with Crippen LogP contribution in [0.1, 0.15) is 26.3 Å². The average molecular weight is 238 g/mol. The number of halogens is 1. The number of benzene rings is 1.